The molecule has 0 aliphatic carbocycles. The second kappa shape index (κ2) is 4.35. The molecular weight excluding hydrogens is 248 g/mol. The smallest absolute Gasteiger partial charge is 0.256 e. The lowest BCUT2D eigenvalue weighted by Gasteiger charge is -2.28. The van der Waals surface area contributed by atoms with Crippen LogP contribution in [0, 0.1) is 0 Å². The van der Waals surface area contributed by atoms with E-state index in [0.717, 1.165) is 11.3 Å². The van der Waals surface area contributed by atoms with E-state index in [1.165, 1.54) is 0 Å². The predicted octanol–water partition coefficient (Wildman–Crippen LogP) is 3.19. The number of fused-ring (bicyclic) bond motifs is 1. The van der Waals surface area contributed by atoms with E-state index in [1.54, 1.807) is 6.07 Å². The summed E-state index contributed by atoms with van der Waals surface area (Å²) in [6.07, 6.45) is -0.218. The van der Waals surface area contributed by atoms with Crippen LogP contribution in [0.1, 0.15) is 22.1 Å². The molecule has 18 heavy (non-hydrogen) atoms. The second-order valence-corrected chi connectivity index (χ2v) is 4.53. The van der Waals surface area contributed by atoms with E-state index in [0.29, 0.717) is 10.6 Å². The molecule has 1 amide bonds. The number of hydrogen-bond acceptors (Lipinski definition) is 2. The Labute approximate surface area is 110 Å². The first-order chi connectivity index (χ1) is 8.75. The molecule has 3 nitrogen and oxygen atoms in total. The van der Waals surface area contributed by atoms with Gasteiger partial charge in [-0.05, 0) is 17.7 Å². The van der Waals surface area contributed by atoms with Crippen LogP contribution in [0.2, 0.25) is 5.02 Å². The van der Waals surface area contributed by atoms with Crippen LogP contribution < -0.4 is 10.6 Å². The standard InChI is InChI=1S/C14H11ClN2O/c15-10-7-4-8-11-12(10)14(18)17-13(16-11)9-5-2-1-3-6-9/h1-8,13,16H,(H,17,18). The summed E-state index contributed by atoms with van der Waals surface area (Å²) < 4.78 is 0. The Morgan fingerprint density at radius 2 is 1.72 bits per heavy atom. The van der Waals surface area contributed by atoms with E-state index in [2.05, 4.69) is 10.6 Å². The molecule has 90 valence electrons. The third kappa shape index (κ3) is 1.83. The maximum absolute atomic E-state index is 12.1. The Balaban J connectivity index is 2.00. The molecular formula is C14H11ClN2O. The van der Waals surface area contributed by atoms with Crippen molar-refractivity contribution in [2.24, 2.45) is 0 Å². The third-order valence-electron chi connectivity index (χ3n) is 2.95. The van der Waals surface area contributed by atoms with Crippen LogP contribution in [-0.2, 0) is 0 Å². The summed E-state index contributed by atoms with van der Waals surface area (Å²) in [5, 5.41) is 6.63. The number of rotatable bonds is 1. The quantitative estimate of drug-likeness (QED) is 0.825. The highest BCUT2D eigenvalue weighted by Crippen LogP contribution is 2.30. The summed E-state index contributed by atoms with van der Waals surface area (Å²) in [5.74, 6) is -0.150. The molecule has 0 fully saturated rings. The van der Waals surface area contributed by atoms with Gasteiger partial charge in [-0.3, -0.25) is 4.79 Å². The van der Waals surface area contributed by atoms with Gasteiger partial charge in [-0.2, -0.15) is 0 Å². The molecule has 2 aromatic rings. The third-order valence-corrected chi connectivity index (χ3v) is 3.26. The lowest BCUT2D eigenvalue weighted by atomic mass is 10.1. The fourth-order valence-corrected chi connectivity index (χ4v) is 2.34. The van der Waals surface area contributed by atoms with Gasteiger partial charge in [0.15, 0.2) is 0 Å². The number of amides is 1. The molecule has 1 aliphatic heterocycles. The molecule has 2 N–H and O–H groups in total. The molecule has 2 aromatic carbocycles. The Kier molecular flexibility index (Phi) is 2.68. The van der Waals surface area contributed by atoms with Gasteiger partial charge in [0.1, 0.15) is 6.17 Å². The topological polar surface area (TPSA) is 41.1 Å². The normalized spacial score (nSPS) is 17.6. The van der Waals surface area contributed by atoms with Crippen molar-refractivity contribution in [3.05, 3.63) is 64.7 Å². The van der Waals surface area contributed by atoms with Gasteiger partial charge in [0.25, 0.3) is 5.91 Å². The first-order valence-electron chi connectivity index (χ1n) is 5.66. The average Bonchev–Trinajstić information content (AvgIpc) is 2.39. The van der Waals surface area contributed by atoms with Gasteiger partial charge in [-0.15, -0.1) is 0 Å². The lowest BCUT2D eigenvalue weighted by molar-refractivity contribution is 0.0936. The number of carbonyl (C=O) groups is 1. The van der Waals surface area contributed by atoms with E-state index < -0.39 is 0 Å². The van der Waals surface area contributed by atoms with Crippen LogP contribution in [0.5, 0.6) is 0 Å². The average molecular weight is 259 g/mol. The maximum atomic E-state index is 12.1. The minimum atomic E-state index is -0.218. The van der Waals surface area contributed by atoms with Crippen molar-refractivity contribution < 1.29 is 4.79 Å². The Hall–Kier alpha value is -2.00. The van der Waals surface area contributed by atoms with Gasteiger partial charge in [0.2, 0.25) is 0 Å². The van der Waals surface area contributed by atoms with Gasteiger partial charge in [0.05, 0.1) is 16.3 Å². The van der Waals surface area contributed by atoms with Crippen molar-refractivity contribution in [1.82, 2.24) is 5.32 Å². The Bertz CT molecular complexity index is 598. The van der Waals surface area contributed by atoms with Crippen LogP contribution in [0.3, 0.4) is 0 Å². The molecule has 0 spiro atoms. The molecule has 0 aromatic heterocycles. The summed E-state index contributed by atoms with van der Waals surface area (Å²) in [7, 11) is 0. The van der Waals surface area contributed by atoms with Crippen LogP contribution >= 0.6 is 11.6 Å². The first kappa shape index (κ1) is 11.1. The van der Waals surface area contributed by atoms with Crippen molar-refractivity contribution in [3.8, 4) is 0 Å². The van der Waals surface area contributed by atoms with E-state index in [-0.39, 0.29) is 12.1 Å². The number of nitrogens with one attached hydrogen (secondary N) is 2. The molecule has 0 radical (unpaired) electrons. The van der Waals surface area contributed by atoms with Gasteiger partial charge in [0, 0.05) is 0 Å². The lowest BCUT2D eigenvalue weighted by Crippen LogP contribution is -2.38. The molecule has 1 heterocycles. The predicted molar refractivity (Wildman–Crippen MR) is 71.7 cm³/mol. The zero-order valence-corrected chi connectivity index (χ0v) is 10.2. The van der Waals surface area contributed by atoms with Crippen LogP contribution in [0.4, 0.5) is 5.69 Å². The largest absolute Gasteiger partial charge is 0.361 e. The minimum absolute atomic E-state index is 0.150. The van der Waals surface area contributed by atoms with E-state index in [1.807, 2.05) is 42.5 Å². The molecule has 1 unspecified atom stereocenters. The summed E-state index contributed by atoms with van der Waals surface area (Å²) in [6.45, 7) is 0. The van der Waals surface area contributed by atoms with Gasteiger partial charge in [-0.25, -0.2) is 0 Å². The molecule has 4 heteroatoms. The first-order valence-corrected chi connectivity index (χ1v) is 6.04. The summed E-state index contributed by atoms with van der Waals surface area (Å²) in [6, 6.07) is 15.2. The minimum Gasteiger partial charge on any atom is -0.361 e. The van der Waals surface area contributed by atoms with Crippen molar-refractivity contribution >= 4 is 23.2 Å². The van der Waals surface area contributed by atoms with E-state index >= 15 is 0 Å². The van der Waals surface area contributed by atoms with Crippen molar-refractivity contribution in [3.63, 3.8) is 0 Å². The fourth-order valence-electron chi connectivity index (χ4n) is 2.08. The van der Waals surface area contributed by atoms with Crippen molar-refractivity contribution in [1.29, 1.82) is 0 Å². The van der Waals surface area contributed by atoms with E-state index in [4.69, 9.17) is 11.6 Å². The second-order valence-electron chi connectivity index (χ2n) is 4.12. The monoisotopic (exact) mass is 258 g/mol. The Morgan fingerprint density at radius 1 is 0.944 bits per heavy atom. The number of anilines is 1. The fraction of sp³-hybridized carbons (Fsp3) is 0.0714. The van der Waals surface area contributed by atoms with Crippen LogP contribution in [0.25, 0.3) is 0 Å². The molecule has 0 bridgehead atoms. The SMILES string of the molecule is O=C1NC(c2ccccc2)Nc2cccc(Cl)c21. The van der Waals surface area contributed by atoms with Gasteiger partial charge < -0.3 is 10.6 Å². The molecule has 1 aliphatic rings. The molecule has 3 rings (SSSR count). The number of carbonyl (C=O) groups excluding carboxylic acids is 1. The highest BCUT2D eigenvalue weighted by atomic mass is 35.5. The highest BCUT2D eigenvalue weighted by Gasteiger charge is 2.26. The van der Waals surface area contributed by atoms with E-state index in [9.17, 15) is 4.79 Å². The Morgan fingerprint density at radius 3 is 2.50 bits per heavy atom. The highest BCUT2D eigenvalue weighted by molar-refractivity contribution is 6.34. The number of hydrogen-bond donors (Lipinski definition) is 2. The maximum Gasteiger partial charge on any atom is 0.256 e. The summed E-state index contributed by atoms with van der Waals surface area (Å²) in [4.78, 5) is 12.1. The van der Waals surface area contributed by atoms with Crippen LogP contribution in [-0.4, -0.2) is 5.91 Å². The summed E-state index contributed by atoms with van der Waals surface area (Å²) in [5.41, 5.74) is 2.28. The molecule has 1 atom stereocenters. The van der Waals surface area contributed by atoms with Crippen molar-refractivity contribution in [2.75, 3.05) is 5.32 Å². The van der Waals surface area contributed by atoms with Crippen molar-refractivity contribution in [2.45, 2.75) is 6.17 Å². The molecule has 0 saturated carbocycles. The van der Waals surface area contributed by atoms with Gasteiger partial charge >= 0.3 is 0 Å². The zero-order valence-electron chi connectivity index (χ0n) is 9.48. The molecule has 0 saturated heterocycles. The summed E-state index contributed by atoms with van der Waals surface area (Å²) >= 11 is 6.03. The number of benzene rings is 2. The van der Waals surface area contributed by atoms with Gasteiger partial charge in [-0.1, -0.05) is 48.0 Å². The van der Waals surface area contributed by atoms with Crippen LogP contribution in [0.15, 0.2) is 48.5 Å². The number of halogens is 1. The zero-order chi connectivity index (χ0) is 12.5.